The molecule has 0 saturated carbocycles. The van der Waals surface area contributed by atoms with Crippen LogP contribution in [0.4, 0.5) is 0 Å². The van der Waals surface area contributed by atoms with Crippen LogP contribution in [-0.2, 0) is 11.2 Å². The van der Waals surface area contributed by atoms with Gasteiger partial charge in [0.1, 0.15) is 17.1 Å². The maximum atomic E-state index is 11.9. The Bertz CT molecular complexity index is 903. The molecule has 0 amide bonds. The van der Waals surface area contributed by atoms with Crippen LogP contribution in [0.1, 0.15) is 22.8 Å². The third kappa shape index (κ3) is 3.44. The summed E-state index contributed by atoms with van der Waals surface area (Å²) in [4.78, 5) is 11.9. The minimum atomic E-state index is -0.430. The Hall–Kier alpha value is -2.33. The van der Waals surface area contributed by atoms with Gasteiger partial charge in [-0.25, -0.2) is 4.79 Å². The monoisotopic (exact) mass is 384 g/mol. The van der Waals surface area contributed by atoms with Crippen LogP contribution in [0.2, 0.25) is 0 Å². The largest absolute Gasteiger partial charge is 0.465 e. The molecule has 24 heavy (non-hydrogen) atoms. The van der Waals surface area contributed by atoms with E-state index < -0.39 is 5.97 Å². The van der Waals surface area contributed by atoms with Crippen molar-refractivity contribution in [2.45, 2.75) is 13.3 Å². The molecular formula is C20H17BrO3. The molecule has 3 rings (SSSR count). The summed E-state index contributed by atoms with van der Waals surface area (Å²) in [6.07, 6.45) is 0.986. The lowest BCUT2D eigenvalue weighted by molar-refractivity contribution is 0.0598. The molecule has 122 valence electrons. The molecule has 3 aromatic rings. The molecule has 0 heterocycles. The number of carbonyl (C=O) groups excluding carboxylic acids is 1. The van der Waals surface area contributed by atoms with E-state index in [1.54, 1.807) is 12.1 Å². The normalized spacial score (nSPS) is 10.6. The molecule has 3 nitrogen and oxygen atoms in total. The lowest BCUT2D eigenvalue weighted by Gasteiger charge is -2.11. The second kappa shape index (κ2) is 7.05. The van der Waals surface area contributed by atoms with Gasteiger partial charge >= 0.3 is 5.97 Å². The van der Waals surface area contributed by atoms with Gasteiger partial charge in [0.25, 0.3) is 0 Å². The van der Waals surface area contributed by atoms with Gasteiger partial charge in [-0.05, 0) is 53.1 Å². The van der Waals surface area contributed by atoms with Gasteiger partial charge in [0.15, 0.2) is 0 Å². The number of ether oxygens (including phenoxy) is 2. The van der Waals surface area contributed by atoms with E-state index in [2.05, 4.69) is 41.1 Å². The van der Waals surface area contributed by atoms with Crippen molar-refractivity contribution in [3.63, 3.8) is 0 Å². The summed E-state index contributed by atoms with van der Waals surface area (Å²) in [5, 5.41) is 2.27. The first kappa shape index (κ1) is 16.5. The van der Waals surface area contributed by atoms with Crippen molar-refractivity contribution >= 4 is 32.7 Å². The summed E-state index contributed by atoms with van der Waals surface area (Å²) in [5.74, 6) is 0.722. The van der Waals surface area contributed by atoms with E-state index in [4.69, 9.17) is 9.47 Å². The Kier molecular flexibility index (Phi) is 4.86. The Morgan fingerprint density at radius 3 is 2.54 bits per heavy atom. The number of hydrogen-bond acceptors (Lipinski definition) is 3. The van der Waals surface area contributed by atoms with E-state index in [0.717, 1.165) is 21.7 Å². The first-order valence-electron chi connectivity index (χ1n) is 7.69. The van der Waals surface area contributed by atoms with Crippen LogP contribution >= 0.6 is 15.9 Å². The van der Waals surface area contributed by atoms with Gasteiger partial charge < -0.3 is 9.47 Å². The molecule has 0 unspecified atom stereocenters. The number of benzene rings is 3. The number of carbonyl (C=O) groups is 1. The molecule has 0 bridgehead atoms. The zero-order valence-corrected chi connectivity index (χ0v) is 15.1. The smallest absolute Gasteiger partial charge is 0.341 e. The van der Waals surface area contributed by atoms with Gasteiger partial charge in [-0.1, -0.05) is 47.1 Å². The van der Waals surface area contributed by atoms with E-state index >= 15 is 0 Å². The first-order valence-corrected chi connectivity index (χ1v) is 8.48. The van der Waals surface area contributed by atoms with Crippen LogP contribution in [0.3, 0.4) is 0 Å². The van der Waals surface area contributed by atoms with Gasteiger partial charge in [0.05, 0.1) is 7.11 Å². The summed E-state index contributed by atoms with van der Waals surface area (Å²) >= 11 is 3.36. The molecule has 0 radical (unpaired) electrons. The molecule has 0 saturated heterocycles. The average Bonchev–Trinajstić information content (AvgIpc) is 2.61. The van der Waals surface area contributed by atoms with Crippen LogP contribution < -0.4 is 4.74 Å². The Morgan fingerprint density at radius 1 is 1.00 bits per heavy atom. The lowest BCUT2D eigenvalue weighted by atomic mass is 10.1. The van der Waals surface area contributed by atoms with Crippen LogP contribution in [0.15, 0.2) is 59.1 Å². The third-order valence-electron chi connectivity index (χ3n) is 3.86. The summed E-state index contributed by atoms with van der Waals surface area (Å²) in [6, 6.07) is 17.6. The zero-order valence-electron chi connectivity index (χ0n) is 13.5. The number of esters is 1. The number of fused-ring (bicyclic) bond motifs is 1. The quantitative estimate of drug-likeness (QED) is 0.537. The van der Waals surface area contributed by atoms with E-state index in [-0.39, 0.29) is 0 Å². The van der Waals surface area contributed by atoms with Crippen LogP contribution in [0.25, 0.3) is 10.8 Å². The molecule has 0 spiro atoms. The Balaban J connectivity index is 1.99. The van der Waals surface area contributed by atoms with Crippen molar-refractivity contribution < 1.29 is 14.3 Å². The minimum Gasteiger partial charge on any atom is -0.465 e. The molecule has 3 aromatic carbocycles. The topological polar surface area (TPSA) is 35.5 Å². The van der Waals surface area contributed by atoms with Crippen molar-refractivity contribution in [1.29, 1.82) is 0 Å². The standard InChI is InChI=1S/C20H17BrO3/c1-3-13-4-5-14-6-8-17(11-15(14)10-13)24-19-9-7-16(21)12-18(19)20(22)23-2/h4-12H,3H2,1-2H3. The van der Waals surface area contributed by atoms with Crippen molar-refractivity contribution in [3.05, 3.63) is 70.2 Å². The second-order valence-corrected chi connectivity index (χ2v) is 6.35. The highest BCUT2D eigenvalue weighted by molar-refractivity contribution is 9.10. The summed E-state index contributed by atoms with van der Waals surface area (Å²) in [6.45, 7) is 2.13. The van der Waals surface area contributed by atoms with Crippen molar-refractivity contribution in [3.8, 4) is 11.5 Å². The van der Waals surface area contributed by atoms with Gasteiger partial charge in [0.2, 0.25) is 0 Å². The second-order valence-electron chi connectivity index (χ2n) is 5.43. The summed E-state index contributed by atoms with van der Waals surface area (Å²) in [5.41, 5.74) is 1.66. The van der Waals surface area contributed by atoms with Crippen molar-refractivity contribution in [2.24, 2.45) is 0 Å². The van der Waals surface area contributed by atoms with Gasteiger partial charge in [0, 0.05) is 4.47 Å². The third-order valence-corrected chi connectivity index (χ3v) is 4.35. The van der Waals surface area contributed by atoms with Crippen LogP contribution in [0, 0.1) is 0 Å². The number of halogens is 1. The molecule has 0 aliphatic heterocycles. The number of methoxy groups -OCH3 is 1. The predicted octanol–water partition coefficient (Wildman–Crippen LogP) is 5.74. The molecule has 0 aromatic heterocycles. The highest BCUT2D eigenvalue weighted by Crippen LogP contribution is 2.30. The molecule has 0 aliphatic rings. The highest BCUT2D eigenvalue weighted by Gasteiger charge is 2.14. The fourth-order valence-electron chi connectivity index (χ4n) is 2.55. The molecule has 0 aliphatic carbocycles. The summed E-state index contributed by atoms with van der Waals surface area (Å²) < 4.78 is 11.6. The maximum Gasteiger partial charge on any atom is 0.341 e. The van der Waals surface area contributed by atoms with E-state index in [9.17, 15) is 4.79 Å². The maximum absolute atomic E-state index is 11.9. The molecule has 4 heteroatoms. The lowest BCUT2D eigenvalue weighted by Crippen LogP contribution is -2.03. The molecular weight excluding hydrogens is 368 g/mol. The number of hydrogen-bond donors (Lipinski definition) is 0. The Morgan fingerprint density at radius 2 is 1.79 bits per heavy atom. The predicted molar refractivity (Wildman–Crippen MR) is 98.9 cm³/mol. The molecule has 0 fully saturated rings. The number of aryl methyl sites for hydroxylation is 1. The minimum absolute atomic E-state index is 0.384. The molecule has 0 atom stereocenters. The fraction of sp³-hybridized carbons (Fsp3) is 0.150. The highest BCUT2D eigenvalue weighted by atomic mass is 79.9. The van der Waals surface area contributed by atoms with Crippen LogP contribution in [0.5, 0.6) is 11.5 Å². The Labute approximate surface area is 149 Å². The summed E-state index contributed by atoms with van der Waals surface area (Å²) in [7, 11) is 1.36. The first-order chi connectivity index (χ1) is 11.6. The number of rotatable bonds is 4. The van der Waals surface area contributed by atoms with Gasteiger partial charge in [-0.3, -0.25) is 0 Å². The van der Waals surface area contributed by atoms with Gasteiger partial charge in [-0.15, -0.1) is 0 Å². The van der Waals surface area contributed by atoms with Crippen molar-refractivity contribution in [2.75, 3.05) is 7.11 Å². The zero-order chi connectivity index (χ0) is 17.1. The van der Waals surface area contributed by atoms with E-state index in [0.29, 0.717) is 17.1 Å². The van der Waals surface area contributed by atoms with Crippen LogP contribution in [-0.4, -0.2) is 13.1 Å². The van der Waals surface area contributed by atoms with E-state index in [1.165, 1.54) is 12.7 Å². The van der Waals surface area contributed by atoms with Gasteiger partial charge in [-0.2, -0.15) is 0 Å². The van der Waals surface area contributed by atoms with E-state index in [1.807, 2.05) is 24.3 Å². The SMILES string of the molecule is CCc1ccc2ccc(Oc3ccc(Br)cc3C(=O)OC)cc2c1. The average molecular weight is 385 g/mol. The fourth-order valence-corrected chi connectivity index (χ4v) is 2.91. The molecule has 0 N–H and O–H groups in total. The van der Waals surface area contributed by atoms with Crippen molar-refractivity contribution in [1.82, 2.24) is 0 Å².